The highest BCUT2D eigenvalue weighted by Gasteiger charge is 2.17. The van der Waals surface area contributed by atoms with Crippen LogP contribution in [0.1, 0.15) is 12.5 Å². The first-order chi connectivity index (χ1) is 6.83. The van der Waals surface area contributed by atoms with Gasteiger partial charge in [0.05, 0.1) is 0 Å². The van der Waals surface area contributed by atoms with Crippen LogP contribution in [0, 0.1) is 0 Å². The first-order valence-corrected chi connectivity index (χ1v) is 4.57. The van der Waals surface area contributed by atoms with Crippen molar-refractivity contribution < 1.29 is 14.6 Å². The third-order valence-electron chi connectivity index (χ3n) is 2.06. The second kappa shape index (κ2) is 3.62. The van der Waals surface area contributed by atoms with E-state index in [1.54, 1.807) is 0 Å². The molecule has 1 aromatic rings. The molecule has 0 aliphatic carbocycles. The van der Waals surface area contributed by atoms with Gasteiger partial charge in [0.2, 0.25) is 5.75 Å². The van der Waals surface area contributed by atoms with Crippen LogP contribution in [0.25, 0.3) is 6.08 Å². The van der Waals surface area contributed by atoms with Crippen LogP contribution in [0.4, 0.5) is 0 Å². The van der Waals surface area contributed by atoms with Crippen LogP contribution < -0.4 is 9.47 Å². The SMILES string of the molecule is C/C=C/c1ccc2c(c1O)OCCO2. The van der Waals surface area contributed by atoms with Crippen LogP contribution in [-0.4, -0.2) is 18.3 Å². The van der Waals surface area contributed by atoms with Gasteiger partial charge in [0.25, 0.3) is 0 Å². The Morgan fingerprint density at radius 3 is 2.86 bits per heavy atom. The van der Waals surface area contributed by atoms with Crippen molar-refractivity contribution in [3.05, 3.63) is 23.8 Å². The second-order valence-electron chi connectivity index (χ2n) is 3.03. The first kappa shape index (κ1) is 8.94. The molecule has 0 amide bonds. The Hall–Kier alpha value is -1.64. The number of rotatable bonds is 1. The van der Waals surface area contributed by atoms with E-state index in [2.05, 4.69) is 0 Å². The zero-order chi connectivity index (χ0) is 9.97. The van der Waals surface area contributed by atoms with Crippen molar-refractivity contribution >= 4 is 6.08 Å². The first-order valence-electron chi connectivity index (χ1n) is 4.57. The Balaban J connectivity index is 2.48. The van der Waals surface area contributed by atoms with E-state index in [0.717, 1.165) is 5.56 Å². The molecule has 1 heterocycles. The molecule has 1 N–H and O–H groups in total. The van der Waals surface area contributed by atoms with Gasteiger partial charge < -0.3 is 14.6 Å². The van der Waals surface area contributed by atoms with Crippen molar-refractivity contribution in [2.24, 2.45) is 0 Å². The Morgan fingerprint density at radius 2 is 2.07 bits per heavy atom. The molecule has 0 unspecified atom stereocenters. The highest BCUT2D eigenvalue weighted by Crippen LogP contribution is 2.41. The monoisotopic (exact) mass is 192 g/mol. The zero-order valence-corrected chi connectivity index (χ0v) is 7.99. The Bertz CT molecular complexity index is 369. The largest absolute Gasteiger partial charge is 0.504 e. The van der Waals surface area contributed by atoms with Crippen LogP contribution >= 0.6 is 0 Å². The molecule has 0 saturated heterocycles. The maximum Gasteiger partial charge on any atom is 0.204 e. The molecule has 1 aliphatic heterocycles. The number of allylic oxidation sites excluding steroid dienone is 1. The lowest BCUT2D eigenvalue weighted by atomic mass is 10.1. The Morgan fingerprint density at radius 1 is 1.29 bits per heavy atom. The minimum Gasteiger partial charge on any atom is -0.504 e. The predicted molar refractivity (Wildman–Crippen MR) is 53.8 cm³/mol. The van der Waals surface area contributed by atoms with E-state index in [0.29, 0.717) is 24.7 Å². The summed E-state index contributed by atoms with van der Waals surface area (Å²) in [6, 6.07) is 3.62. The van der Waals surface area contributed by atoms with E-state index < -0.39 is 0 Å². The van der Waals surface area contributed by atoms with Gasteiger partial charge in [-0.3, -0.25) is 0 Å². The number of hydrogen-bond donors (Lipinski definition) is 1. The molecular weight excluding hydrogens is 180 g/mol. The summed E-state index contributed by atoms with van der Waals surface area (Å²) in [6.45, 7) is 2.92. The molecule has 0 bridgehead atoms. The van der Waals surface area contributed by atoms with Gasteiger partial charge in [-0.2, -0.15) is 0 Å². The summed E-state index contributed by atoms with van der Waals surface area (Å²) in [4.78, 5) is 0. The average Bonchev–Trinajstić information content (AvgIpc) is 2.23. The molecule has 0 fully saturated rings. The fraction of sp³-hybridized carbons (Fsp3) is 0.273. The Labute approximate surface area is 82.6 Å². The predicted octanol–water partition coefficient (Wildman–Crippen LogP) is 2.20. The van der Waals surface area contributed by atoms with E-state index in [9.17, 15) is 5.11 Å². The quantitative estimate of drug-likeness (QED) is 0.741. The second-order valence-corrected chi connectivity index (χ2v) is 3.03. The van der Waals surface area contributed by atoms with E-state index in [1.165, 1.54) is 0 Å². The molecular formula is C11H12O3. The van der Waals surface area contributed by atoms with Gasteiger partial charge in [0.1, 0.15) is 13.2 Å². The summed E-state index contributed by atoms with van der Waals surface area (Å²) in [5.41, 5.74) is 0.747. The summed E-state index contributed by atoms with van der Waals surface area (Å²) < 4.78 is 10.7. The molecule has 1 aromatic carbocycles. The summed E-state index contributed by atoms with van der Waals surface area (Å²) >= 11 is 0. The zero-order valence-electron chi connectivity index (χ0n) is 7.99. The van der Waals surface area contributed by atoms with Gasteiger partial charge in [0, 0.05) is 5.56 Å². The van der Waals surface area contributed by atoms with Gasteiger partial charge in [-0.1, -0.05) is 12.2 Å². The highest BCUT2D eigenvalue weighted by molar-refractivity contribution is 5.65. The fourth-order valence-corrected chi connectivity index (χ4v) is 1.43. The molecule has 3 nitrogen and oxygen atoms in total. The van der Waals surface area contributed by atoms with Crippen LogP contribution in [0.3, 0.4) is 0 Å². The van der Waals surface area contributed by atoms with Gasteiger partial charge in [0.15, 0.2) is 11.5 Å². The Kier molecular flexibility index (Phi) is 2.31. The number of benzene rings is 1. The molecule has 1 aliphatic rings. The number of phenolic OH excluding ortho intramolecular Hbond substituents is 1. The molecule has 3 heteroatoms. The normalized spacial score (nSPS) is 14.6. The van der Waals surface area contributed by atoms with Crippen LogP contribution in [0.15, 0.2) is 18.2 Å². The van der Waals surface area contributed by atoms with Crippen LogP contribution in [0.2, 0.25) is 0 Å². The topological polar surface area (TPSA) is 38.7 Å². The third-order valence-corrected chi connectivity index (χ3v) is 2.06. The minimum atomic E-state index is 0.153. The van der Waals surface area contributed by atoms with Crippen molar-refractivity contribution in [2.75, 3.05) is 13.2 Å². The lowest BCUT2D eigenvalue weighted by molar-refractivity contribution is 0.165. The van der Waals surface area contributed by atoms with E-state index in [1.807, 2.05) is 31.2 Å². The van der Waals surface area contributed by atoms with Crippen molar-refractivity contribution in [2.45, 2.75) is 6.92 Å². The summed E-state index contributed by atoms with van der Waals surface area (Å²) in [5, 5.41) is 9.81. The molecule has 14 heavy (non-hydrogen) atoms. The molecule has 0 aromatic heterocycles. The van der Waals surface area contributed by atoms with Crippen LogP contribution in [0.5, 0.6) is 17.2 Å². The van der Waals surface area contributed by atoms with Gasteiger partial charge in [-0.15, -0.1) is 0 Å². The number of aromatic hydroxyl groups is 1. The van der Waals surface area contributed by atoms with Crippen molar-refractivity contribution in [1.82, 2.24) is 0 Å². The molecule has 0 radical (unpaired) electrons. The maximum absolute atomic E-state index is 9.81. The fourth-order valence-electron chi connectivity index (χ4n) is 1.43. The molecule has 2 rings (SSSR count). The highest BCUT2D eigenvalue weighted by atomic mass is 16.6. The number of fused-ring (bicyclic) bond motifs is 1. The molecule has 0 saturated carbocycles. The smallest absolute Gasteiger partial charge is 0.204 e. The lowest BCUT2D eigenvalue weighted by Gasteiger charge is -2.19. The van der Waals surface area contributed by atoms with Gasteiger partial charge in [-0.05, 0) is 19.1 Å². The van der Waals surface area contributed by atoms with Gasteiger partial charge >= 0.3 is 0 Å². The number of ether oxygens (including phenoxy) is 2. The summed E-state index contributed by atoms with van der Waals surface area (Å²) in [5.74, 6) is 1.22. The molecule has 74 valence electrons. The van der Waals surface area contributed by atoms with E-state index >= 15 is 0 Å². The van der Waals surface area contributed by atoms with Crippen molar-refractivity contribution in [3.8, 4) is 17.2 Å². The number of hydrogen-bond acceptors (Lipinski definition) is 3. The van der Waals surface area contributed by atoms with Crippen molar-refractivity contribution in [1.29, 1.82) is 0 Å². The maximum atomic E-state index is 9.81. The minimum absolute atomic E-state index is 0.153. The van der Waals surface area contributed by atoms with Crippen LogP contribution in [-0.2, 0) is 0 Å². The summed E-state index contributed by atoms with van der Waals surface area (Å²) in [7, 11) is 0. The lowest BCUT2D eigenvalue weighted by Crippen LogP contribution is -2.15. The van der Waals surface area contributed by atoms with Crippen molar-refractivity contribution in [3.63, 3.8) is 0 Å². The third kappa shape index (κ3) is 1.41. The van der Waals surface area contributed by atoms with Gasteiger partial charge in [-0.25, -0.2) is 0 Å². The standard InChI is InChI=1S/C11H12O3/c1-2-3-8-4-5-9-11(10(8)12)14-7-6-13-9/h2-5,12H,6-7H2,1H3/b3-2+. The molecule has 0 atom stereocenters. The summed E-state index contributed by atoms with van der Waals surface area (Å²) in [6.07, 6.45) is 3.69. The van der Waals surface area contributed by atoms with E-state index in [4.69, 9.17) is 9.47 Å². The average molecular weight is 192 g/mol. The van der Waals surface area contributed by atoms with E-state index in [-0.39, 0.29) is 5.75 Å². The number of phenols is 1. The molecule has 0 spiro atoms.